The van der Waals surface area contributed by atoms with E-state index in [-0.39, 0.29) is 12.4 Å². The molecule has 6 nitrogen and oxygen atoms in total. The topological polar surface area (TPSA) is 71.1 Å². The molecule has 0 aromatic carbocycles. The van der Waals surface area contributed by atoms with Gasteiger partial charge in [-0.15, -0.1) is 16.6 Å². The zero-order chi connectivity index (χ0) is 10.7. The van der Waals surface area contributed by atoms with Gasteiger partial charge < -0.3 is 17.4 Å². The van der Waals surface area contributed by atoms with Crippen LogP contribution in [0.5, 0.6) is 0 Å². The van der Waals surface area contributed by atoms with Gasteiger partial charge in [-0.2, -0.15) is 14.9 Å². The first kappa shape index (κ1) is 12.7. The molecule has 0 saturated heterocycles. The normalized spacial score (nSPS) is 14.2. The highest BCUT2D eigenvalue weighted by atomic mass is 35.5. The van der Waals surface area contributed by atoms with Crippen molar-refractivity contribution >= 4 is 17.4 Å². The molecule has 1 aliphatic heterocycles. The fraction of sp³-hybridized carbons (Fsp3) is 0.500. The molecule has 86 valence electrons. The molecule has 0 fully saturated rings. The average Bonchev–Trinajstić information content (AvgIpc) is 2.84. The van der Waals surface area contributed by atoms with Crippen molar-refractivity contribution in [1.82, 2.24) is 9.97 Å². The summed E-state index contributed by atoms with van der Waals surface area (Å²) in [5.74, 6) is 1.12. The lowest BCUT2D eigenvalue weighted by atomic mass is 10.4. The first-order valence-electron chi connectivity index (χ1n) is 4.58. The van der Waals surface area contributed by atoms with Crippen molar-refractivity contribution in [3.63, 3.8) is 0 Å². The minimum Gasteiger partial charge on any atom is -1.00 e. The Kier molecular flexibility index (Phi) is 4.52. The summed E-state index contributed by atoms with van der Waals surface area (Å²) in [6.07, 6.45) is 1.49. The first-order chi connectivity index (χ1) is 7.35. The van der Waals surface area contributed by atoms with E-state index >= 15 is 0 Å². The maximum atomic E-state index is 8.81. The quantitative estimate of drug-likeness (QED) is 0.492. The van der Waals surface area contributed by atoms with Gasteiger partial charge in [0.25, 0.3) is 5.82 Å². The van der Waals surface area contributed by atoms with Crippen molar-refractivity contribution in [1.29, 1.82) is 5.26 Å². The van der Waals surface area contributed by atoms with E-state index in [0.29, 0.717) is 23.9 Å². The summed E-state index contributed by atoms with van der Waals surface area (Å²) in [7, 11) is 0. The van der Waals surface area contributed by atoms with Crippen LogP contribution < -0.4 is 17.4 Å². The first-order valence-corrected chi connectivity index (χ1v) is 5.12. The second-order valence-electron chi connectivity index (χ2n) is 3.07. The number of H-pyrrole nitrogens is 1. The number of nitrogens with one attached hydrogen (secondary N) is 1. The van der Waals surface area contributed by atoms with Gasteiger partial charge in [-0.05, 0) is 0 Å². The molecule has 0 saturated carbocycles. The van der Waals surface area contributed by atoms with E-state index in [1.54, 1.807) is 5.01 Å². The molecule has 1 aromatic rings. The third-order valence-electron chi connectivity index (χ3n) is 2.12. The lowest BCUT2D eigenvalue weighted by molar-refractivity contribution is -0.575. The van der Waals surface area contributed by atoms with Crippen molar-refractivity contribution in [2.75, 3.05) is 30.5 Å². The summed E-state index contributed by atoms with van der Waals surface area (Å²) >= 11 is 5.62. The van der Waals surface area contributed by atoms with Crippen LogP contribution in [0, 0.1) is 11.3 Å². The minimum absolute atomic E-state index is 0. The standard InChI is InChI=1S/C8H10ClN6.ClH/c9-1-2-14-3-4-15(13-14)8-7(5-10)11-6-12-8;/h6H,1-4H2,(H,11,12);1H/q+1;/p-1. The van der Waals surface area contributed by atoms with Crippen LogP contribution in [0.2, 0.25) is 0 Å². The van der Waals surface area contributed by atoms with Gasteiger partial charge >= 0.3 is 0 Å². The van der Waals surface area contributed by atoms with Crippen LogP contribution in [0.15, 0.2) is 11.6 Å². The molecular weight excluding hydrogens is 251 g/mol. The molecule has 0 spiro atoms. The summed E-state index contributed by atoms with van der Waals surface area (Å²) in [6, 6.07) is 2.03. The van der Waals surface area contributed by atoms with Crippen LogP contribution in [0.3, 0.4) is 0 Å². The lowest BCUT2D eigenvalue weighted by Crippen LogP contribution is -3.00. The Bertz CT molecular complexity index is 420. The van der Waals surface area contributed by atoms with Gasteiger partial charge in [0.15, 0.2) is 12.2 Å². The number of aromatic nitrogens is 2. The lowest BCUT2D eigenvalue weighted by Gasteiger charge is -1.97. The highest BCUT2D eigenvalue weighted by molar-refractivity contribution is 6.17. The molecule has 0 radical (unpaired) electrons. The summed E-state index contributed by atoms with van der Waals surface area (Å²) < 4.78 is 1.86. The number of aromatic amines is 1. The Morgan fingerprint density at radius 1 is 1.69 bits per heavy atom. The summed E-state index contributed by atoms with van der Waals surface area (Å²) in [5.41, 5.74) is 0.437. The fourth-order valence-electron chi connectivity index (χ4n) is 1.42. The Morgan fingerprint density at radius 2 is 2.50 bits per heavy atom. The van der Waals surface area contributed by atoms with Gasteiger partial charge in [0.2, 0.25) is 0 Å². The molecule has 0 aliphatic carbocycles. The largest absolute Gasteiger partial charge is 1.00 e. The predicted molar refractivity (Wildman–Crippen MR) is 53.8 cm³/mol. The van der Waals surface area contributed by atoms with E-state index in [4.69, 9.17) is 16.9 Å². The number of halogens is 2. The number of nitriles is 1. The number of hydrogen-bond acceptors (Lipinski definition) is 4. The zero-order valence-electron chi connectivity index (χ0n) is 8.40. The molecule has 2 heterocycles. The molecule has 1 aromatic heterocycles. The second kappa shape index (κ2) is 5.68. The predicted octanol–water partition coefficient (Wildman–Crippen LogP) is -2.28. The van der Waals surface area contributed by atoms with Crippen LogP contribution in [-0.2, 0) is 0 Å². The molecule has 1 aliphatic rings. The highest BCUT2D eigenvalue weighted by Gasteiger charge is 2.27. The van der Waals surface area contributed by atoms with E-state index in [1.165, 1.54) is 6.33 Å². The van der Waals surface area contributed by atoms with E-state index in [2.05, 4.69) is 15.2 Å². The van der Waals surface area contributed by atoms with Crippen molar-refractivity contribution in [3.05, 3.63) is 12.0 Å². The fourth-order valence-corrected chi connectivity index (χ4v) is 1.61. The van der Waals surface area contributed by atoms with E-state index in [0.717, 1.165) is 13.1 Å². The monoisotopic (exact) mass is 260 g/mol. The van der Waals surface area contributed by atoms with Gasteiger partial charge in [-0.3, -0.25) is 0 Å². The molecule has 2 rings (SSSR count). The smallest absolute Gasteiger partial charge is 0.278 e. The zero-order valence-corrected chi connectivity index (χ0v) is 9.91. The molecule has 0 amide bonds. The van der Waals surface area contributed by atoms with Gasteiger partial charge in [0.05, 0.1) is 17.4 Å². The van der Waals surface area contributed by atoms with E-state index < -0.39 is 0 Å². The Hall–Kier alpha value is -1.32. The highest BCUT2D eigenvalue weighted by Crippen LogP contribution is 2.17. The van der Waals surface area contributed by atoms with E-state index in [1.807, 2.05) is 10.8 Å². The number of rotatable bonds is 3. The molecule has 8 heteroatoms. The molecular formula is C8H10Cl2N6. The number of hydrogen-bond donors (Lipinski definition) is 1. The molecule has 0 bridgehead atoms. The Labute approximate surface area is 104 Å². The SMILES string of the molecule is N#Cc1[nH]cnc1N1CC[N+](CCCl)=N1.[Cl-]. The summed E-state index contributed by atoms with van der Waals surface area (Å²) in [4.78, 5) is 6.82. The Morgan fingerprint density at radius 3 is 3.19 bits per heavy atom. The third-order valence-corrected chi connectivity index (χ3v) is 2.29. The van der Waals surface area contributed by atoms with Crippen LogP contribution in [0.1, 0.15) is 5.69 Å². The van der Waals surface area contributed by atoms with Crippen LogP contribution in [0.4, 0.5) is 5.82 Å². The molecule has 0 unspecified atom stereocenters. The van der Waals surface area contributed by atoms with Crippen LogP contribution in [0.25, 0.3) is 0 Å². The molecule has 0 atom stereocenters. The molecule has 16 heavy (non-hydrogen) atoms. The van der Waals surface area contributed by atoms with Gasteiger partial charge in [-0.1, -0.05) is 0 Å². The summed E-state index contributed by atoms with van der Waals surface area (Å²) in [6.45, 7) is 2.26. The number of anilines is 1. The molecule has 1 N–H and O–H groups in total. The van der Waals surface area contributed by atoms with Crippen molar-refractivity contribution in [3.8, 4) is 6.07 Å². The number of imidazole rings is 1. The summed E-state index contributed by atoms with van der Waals surface area (Å²) in [5, 5.41) is 14.8. The van der Waals surface area contributed by atoms with Gasteiger partial charge in [0.1, 0.15) is 19.2 Å². The minimum atomic E-state index is 0. The maximum absolute atomic E-state index is 8.81. The Balaban J connectivity index is 0.00000128. The van der Waals surface area contributed by atoms with Crippen LogP contribution >= 0.6 is 11.6 Å². The average molecular weight is 261 g/mol. The van der Waals surface area contributed by atoms with Crippen molar-refractivity contribution in [2.24, 2.45) is 5.22 Å². The maximum Gasteiger partial charge on any atom is 0.278 e. The van der Waals surface area contributed by atoms with Crippen molar-refractivity contribution in [2.45, 2.75) is 0 Å². The van der Waals surface area contributed by atoms with Gasteiger partial charge in [0, 0.05) is 0 Å². The number of nitrogens with zero attached hydrogens (tertiary/aromatic N) is 5. The van der Waals surface area contributed by atoms with Gasteiger partial charge in [-0.25, -0.2) is 0 Å². The van der Waals surface area contributed by atoms with E-state index in [9.17, 15) is 0 Å². The third kappa shape index (κ3) is 2.43. The second-order valence-corrected chi connectivity index (χ2v) is 3.45. The van der Waals surface area contributed by atoms with Crippen molar-refractivity contribution < 1.29 is 17.1 Å². The number of alkyl halides is 1. The van der Waals surface area contributed by atoms with Crippen LogP contribution in [-0.4, -0.2) is 40.2 Å².